The lowest BCUT2D eigenvalue weighted by molar-refractivity contribution is 0.793. The zero-order valence-electron chi connectivity index (χ0n) is 37.2. The van der Waals surface area contributed by atoms with Gasteiger partial charge in [-0.25, -0.2) is 0 Å². The Morgan fingerprint density at radius 3 is 1.62 bits per heavy atom. The Kier molecular flexibility index (Phi) is 8.50. The molecule has 1 atom stereocenters. The first-order valence-corrected chi connectivity index (χ1v) is 23.5. The maximum absolute atomic E-state index is 2.46. The number of para-hydroxylation sites is 4. The van der Waals surface area contributed by atoms with Crippen LogP contribution in [0.1, 0.15) is 22.3 Å². The van der Waals surface area contributed by atoms with Crippen molar-refractivity contribution in [1.82, 2.24) is 4.57 Å². The van der Waals surface area contributed by atoms with Crippen molar-refractivity contribution in [1.29, 1.82) is 0 Å². The summed E-state index contributed by atoms with van der Waals surface area (Å²) in [6, 6.07) is 96.1. The van der Waals surface area contributed by atoms with Gasteiger partial charge in [0.05, 0.1) is 22.1 Å². The molecule has 3 nitrogen and oxygen atoms in total. The van der Waals surface area contributed by atoms with Crippen LogP contribution in [-0.2, 0) is 5.41 Å². The van der Waals surface area contributed by atoms with Gasteiger partial charge >= 0.3 is 0 Å². The quantitative estimate of drug-likeness (QED) is 0.158. The van der Waals surface area contributed by atoms with Crippen molar-refractivity contribution >= 4 is 66.7 Å². The van der Waals surface area contributed by atoms with E-state index in [1.54, 1.807) is 0 Å². The number of hydrogen-bond acceptors (Lipinski definition) is 2. The molecule has 0 amide bonds. The van der Waals surface area contributed by atoms with Crippen LogP contribution in [0.3, 0.4) is 0 Å². The van der Waals surface area contributed by atoms with Gasteiger partial charge in [-0.2, -0.15) is 0 Å². The molecule has 1 spiro atoms. The van der Waals surface area contributed by atoms with Gasteiger partial charge in [0, 0.05) is 50.5 Å². The molecule has 12 aromatic rings. The molecule has 0 fully saturated rings. The van der Waals surface area contributed by atoms with Crippen LogP contribution in [0.5, 0.6) is 0 Å². The topological polar surface area (TPSA) is 11.4 Å². The van der Waals surface area contributed by atoms with E-state index in [-0.39, 0.29) is 0 Å². The van der Waals surface area contributed by atoms with Crippen molar-refractivity contribution in [3.63, 3.8) is 0 Å². The Hall–Kier alpha value is -8.92. The monoisotopic (exact) mass is 865 g/mol. The van der Waals surface area contributed by atoms with E-state index in [1.807, 2.05) is 0 Å². The highest BCUT2D eigenvalue weighted by Crippen LogP contribution is 2.65. The van der Waals surface area contributed by atoms with Gasteiger partial charge < -0.3 is 14.4 Å². The van der Waals surface area contributed by atoms with Gasteiger partial charge in [-0.05, 0) is 135 Å². The van der Waals surface area contributed by atoms with Crippen LogP contribution in [0, 0.1) is 0 Å². The Morgan fingerprint density at radius 2 is 0.838 bits per heavy atom. The highest BCUT2D eigenvalue weighted by Gasteiger charge is 2.52. The molecule has 3 heteroatoms. The van der Waals surface area contributed by atoms with E-state index < -0.39 is 5.41 Å². The summed E-state index contributed by atoms with van der Waals surface area (Å²) in [5, 5.41) is 4.89. The smallest absolute Gasteiger partial charge is 0.0726 e. The number of rotatable bonds is 7. The summed E-state index contributed by atoms with van der Waals surface area (Å²) in [6.45, 7) is 0. The molecule has 0 radical (unpaired) electrons. The highest BCUT2D eigenvalue weighted by molar-refractivity contribution is 6.11. The largest absolute Gasteiger partial charge is 0.310 e. The predicted octanol–water partition coefficient (Wildman–Crippen LogP) is 17.2. The summed E-state index contributed by atoms with van der Waals surface area (Å²) >= 11 is 0. The van der Waals surface area contributed by atoms with E-state index in [2.05, 4.69) is 275 Å². The fourth-order valence-corrected chi connectivity index (χ4v) is 11.8. The Labute approximate surface area is 395 Å². The van der Waals surface area contributed by atoms with Crippen LogP contribution in [0.15, 0.2) is 261 Å². The van der Waals surface area contributed by atoms with E-state index >= 15 is 0 Å². The summed E-state index contributed by atoms with van der Waals surface area (Å²) in [5.74, 6) is 0. The molecular weight excluding hydrogens is 823 g/mol. The van der Waals surface area contributed by atoms with Crippen molar-refractivity contribution in [2.24, 2.45) is 0 Å². The molecule has 0 aliphatic heterocycles. The average molecular weight is 866 g/mol. The number of benzene rings is 11. The van der Waals surface area contributed by atoms with Crippen molar-refractivity contribution in [3.05, 3.63) is 283 Å². The van der Waals surface area contributed by atoms with E-state index in [9.17, 15) is 0 Å². The van der Waals surface area contributed by atoms with Gasteiger partial charge in [0.25, 0.3) is 0 Å². The summed E-state index contributed by atoms with van der Waals surface area (Å²) in [6.07, 6.45) is 0. The molecule has 0 saturated carbocycles. The maximum Gasteiger partial charge on any atom is 0.0726 e. The molecular formula is C65H43N3. The minimum Gasteiger partial charge on any atom is -0.310 e. The standard InChI is InChI=1S/C65H43N3/c1-4-21-46(22-5-1)67(47-23-6-2-7-24-47)62-34-18-32-60-64(62)55-29-13-16-31-58(55)65(60)57-30-15-12-27-52(57)56-42-50(38-40-59(56)65)66(49-36-35-44-19-10-11-20-45(44)41-49)51-37-39-54-53-28-14-17-33-61(53)68(63(54)43-51)48-25-8-3-9-26-48/h1-43H. The summed E-state index contributed by atoms with van der Waals surface area (Å²) in [4.78, 5) is 4.88. The molecule has 318 valence electrons. The van der Waals surface area contributed by atoms with Gasteiger partial charge in [-0.15, -0.1) is 0 Å². The Bertz CT molecular complexity index is 3890. The average Bonchev–Trinajstić information content (AvgIpc) is 4.01. The summed E-state index contributed by atoms with van der Waals surface area (Å²) in [5.41, 5.74) is 20.0. The lowest BCUT2D eigenvalue weighted by atomic mass is 9.70. The van der Waals surface area contributed by atoms with Crippen molar-refractivity contribution in [3.8, 4) is 27.9 Å². The van der Waals surface area contributed by atoms with Crippen LogP contribution in [0.4, 0.5) is 34.1 Å². The van der Waals surface area contributed by atoms with Crippen molar-refractivity contribution in [2.75, 3.05) is 9.80 Å². The van der Waals surface area contributed by atoms with Gasteiger partial charge in [0.2, 0.25) is 0 Å². The van der Waals surface area contributed by atoms with Crippen LogP contribution in [0.2, 0.25) is 0 Å². The van der Waals surface area contributed by atoms with Gasteiger partial charge in [0.1, 0.15) is 0 Å². The number of anilines is 6. The van der Waals surface area contributed by atoms with Gasteiger partial charge in [-0.1, -0.05) is 176 Å². The molecule has 1 unspecified atom stereocenters. The van der Waals surface area contributed by atoms with E-state index in [0.717, 1.165) is 39.8 Å². The van der Waals surface area contributed by atoms with Crippen LogP contribution in [-0.4, -0.2) is 4.57 Å². The third-order valence-corrected chi connectivity index (χ3v) is 14.5. The first-order valence-electron chi connectivity index (χ1n) is 23.5. The molecule has 11 aromatic carbocycles. The van der Waals surface area contributed by atoms with Gasteiger partial charge in [0.15, 0.2) is 0 Å². The second kappa shape index (κ2) is 15.1. The molecule has 68 heavy (non-hydrogen) atoms. The first-order chi connectivity index (χ1) is 33.8. The number of aromatic nitrogens is 1. The normalized spacial score (nSPS) is 14.2. The van der Waals surface area contributed by atoms with Crippen molar-refractivity contribution < 1.29 is 0 Å². The van der Waals surface area contributed by atoms with E-state index in [0.29, 0.717) is 0 Å². The van der Waals surface area contributed by atoms with Gasteiger partial charge in [-0.3, -0.25) is 0 Å². The highest BCUT2D eigenvalue weighted by atomic mass is 15.2. The maximum atomic E-state index is 2.46. The number of nitrogens with zero attached hydrogens (tertiary/aromatic N) is 3. The minimum atomic E-state index is -0.533. The molecule has 0 saturated heterocycles. The molecule has 14 rings (SSSR count). The molecule has 2 aliphatic carbocycles. The number of hydrogen-bond donors (Lipinski definition) is 0. The summed E-state index contributed by atoms with van der Waals surface area (Å²) in [7, 11) is 0. The first kappa shape index (κ1) is 38.4. The van der Waals surface area contributed by atoms with Crippen LogP contribution >= 0.6 is 0 Å². The second-order valence-electron chi connectivity index (χ2n) is 18.0. The molecule has 1 aromatic heterocycles. The lowest BCUT2D eigenvalue weighted by Gasteiger charge is -2.32. The summed E-state index contributed by atoms with van der Waals surface area (Å²) < 4.78 is 2.41. The van der Waals surface area contributed by atoms with E-state index in [4.69, 9.17) is 0 Å². The van der Waals surface area contributed by atoms with Crippen LogP contribution < -0.4 is 9.80 Å². The Balaban J connectivity index is 1.01. The molecule has 2 aliphatic rings. The zero-order valence-corrected chi connectivity index (χ0v) is 37.2. The van der Waals surface area contributed by atoms with E-state index in [1.165, 1.54) is 77.1 Å². The lowest BCUT2D eigenvalue weighted by Crippen LogP contribution is -2.26. The molecule has 1 heterocycles. The fourth-order valence-electron chi connectivity index (χ4n) is 11.8. The number of fused-ring (bicyclic) bond motifs is 14. The van der Waals surface area contributed by atoms with Crippen LogP contribution in [0.25, 0.3) is 60.5 Å². The fraction of sp³-hybridized carbons (Fsp3) is 0.0154. The second-order valence-corrected chi connectivity index (χ2v) is 18.0. The minimum absolute atomic E-state index is 0.533. The SMILES string of the molecule is c1ccc(N(c2ccccc2)c2cccc3c2-c2ccccc2C32c3ccccc3-c3cc(N(c4ccc5ccccc5c4)c4ccc5c6ccccc6n(-c6ccccc6)c5c4)ccc32)cc1. The predicted molar refractivity (Wildman–Crippen MR) is 284 cm³/mol. The van der Waals surface area contributed by atoms with Crippen molar-refractivity contribution in [2.45, 2.75) is 5.41 Å². The third-order valence-electron chi connectivity index (χ3n) is 14.5. The third kappa shape index (κ3) is 5.54. The Morgan fingerprint density at radius 1 is 0.294 bits per heavy atom. The molecule has 0 bridgehead atoms. The molecule has 0 N–H and O–H groups in total. The zero-order chi connectivity index (χ0) is 44.8.